The molecule has 1 amide bonds. The van der Waals surface area contributed by atoms with Crippen molar-refractivity contribution < 1.29 is 17.9 Å². The van der Waals surface area contributed by atoms with Gasteiger partial charge in [0.2, 0.25) is 15.9 Å². The number of anilines is 1. The monoisotopic (exact) mass is 511 g/mol. The molecule has 0 radical (unpaired) electrons. The summed E-state index contributed by atoms with van der Waals surface area (Å²) < 4.78 is 33.2. The molecule has 0 aromatic heterocycles. The Bertz CT molecular complexity index is 1120. The predicted octanol–water partition coefficient (Wildman–Crippen LogP) is 3.75. The molecule has 0 unspecified atom stereocenters. The number of para-hydroxylation sites is 2. The molecule has 0 N–H and O–H groups in total. The van der Waals surface area contributed by atoms with Crippen LogP contribution in [0.25, 0.3) is 0 Å². The average Bonchev–Trinajstić information content (AvgIpc) is 2.85. The number of rotatable bonds is 5. The summed E-state index contributed by atoms with van der Waals surface area (Å²) in [6.07, 6.45) is 1.29. The average molecular weight is 512 g/mol. The van der Waals surface area contributed by atoms with Crippen molar-refractivity contribution in [2.45, 2.75) is 17.7 Å². The number of piperazine rings is 1. The van der Waals surface area contributed by atoms with Crippen LogP contribution in [0.15, 0.2) is 47.4 Å². The van der Waals surface area contributed by atoms with Crippen LogP contribution in [0.4, 0.5) is 5.69 Å². The van der Waals surface area contributed by atoms with Crippen LogP contribution < -0.4 is 9.64 Å². The highest BCUT2D eigenvalue weighted by Gasteiger charge is 2.36. The van der Waals surface area contributed by atoms with Gasteiger partial charge in [0.1, 0.15) is 10.6 Å². The van der Waals surface area contributed by atoms with E-state index in [1.54, 1.807) is 13.2 Å². The Hall–Kier alpha value is -2.00. The molecular formula is C23H27Cl2N3O4S. The number of piperidine rings is 1. The number of halogens is 2. The third-order valence-corrected chi connectivity index (χ3v) is 8.84. The molecule has 0 spiro atoms. The molecule has 2 aliphatic heterocycles. The first-order valence-corrected chi connectivity index (χ1v) is 13.1. The number of carbonyl (C=O) groups is 1. The van der Waals surface area contributed by atoms with E-state index in [1.165, 1.54) is 16.4 Å². The van der Waals surface area contributed by atoms with Crippen molar-refractivity contribution in [1.29, 1.82) is 0 Å². The van der Waals surface area contributed by atoms with Gasteiger partial charge in [0.15, 0.2) is 0 Å². The van der Waals surface area contributed by atoms with Gasteiger partial charge in [-0.25, -0.2) is 8.42 Å². The summed E-state index contributed by atoms with van der Waals surface area (Å²) >= 11 is 12.2. The Kier molecular flexibility index (Phi) is 7.38. The maximum atomic E-state index is 13.3. The summed E-state index contributed by atoms with van der Waals surface area (Å²) in [7, 11) is -2.19. The van der Waals surface area contributed by atoms with E-state index in [4.69, 9.17) is 27.9 Å². The number of nitrogens with zero attached hydrogens (tertiary/aromatic N) is 3. The van der Waals surface area contributed by atoms with Gasteiger partial charge in [-0.1, -0.05) is 35.3 Å². The number of carbonyl (C=O) groups excluding carboxylic acids is 1. The topological polar surface area (TPSA) is 70.2 Å². The van der Waals surface area contributed by atoms with Crippen LogP contribution in [-0.2, 0) is 14.8 Å². The van der Waals surface area contributed by atoms with Crippen LogP contribution in [0.3, 0.4) is 0 Å². The number of amides is 1. The Morgan fingerprint density at radius 2 is 1.76 bits per heavy atom. The van der Waals surface area contributed by atoms with E-state index in [2.05, 4.69) is 4.90 Å². The first-order valence-electron chi connectivity index (χ1n) is 10.9. The lowest BCUT2D eigenvalue weighted by molar-refractivity contribution is -0.137. The Labute approximate surface area is 204 Å². The Morgan fingerprint density at radius 1 is 1.03 bits per heavy atom. The zero-order chi connectivity index (χ0) is 23.6. The molecule has 178 valence electrons. The SMILES string of the molecule is COc1ccccc1N1CCN(C(=O)[C@@H]2CCCN(S(=O)(=O)c3cc(Cl)ccc3Cl)C2)CC1. The number of hydrogen-bond donors (Lipinski definition) is 0. The predicted molar refractivity (Wildman–Crippen MR) is 130 cm³/mol. The zero-order valence-electron chi connectivity index (χ0n) is 18.4. The minimum Gasteiger partial charge on any atom is -0.495 e. The molecule has 33 heavy (non-hydrogen) atoms. The standard InChI is InChI=1S/C23H27Cl2N3O4S/c1-32-21-7-3-2-6-20(21)26-11-13-27(14-12-26)23(29)17-5-4-10-28(16-17)33(30,31)22-15-18(24)8-9-19(22)25/h2-3,6-9,15,17H,4-5,10-14,16H2,1H3/t17-/m1/s1. The van der Waals surface area contributed by atoms with Gasteiger partial charge < -0.3 is 14.5 Å². The van der Waals surface area contributed by atoms with Gasteiger partial charge >= 0.3 is 0 Å². The summed E-state index contributed by atoms with van der Waals surface area (Å²) in [4.78, 5) is 17.3. The molecule has 1 atom stereocenters. The largest absolute Gasteiger partial charge is 0.495 e. The molecule has 2 fully saturated rings. The van der Waals surface area contributed by atoms with Crippen molar-refractivity contribution in [1.82, 2.24) is 9.21 Å². The number of benzene rings is 2. The van der Waals surface area contributed by atoms with E-state index >= 15 is 0 Å². The molecule has 4 rings (SSSR count). The lowest BCUT2D eigenvalue weighted by atomic mass is 9.97. The van der Waals surface area contributed by atoms with Crippen molar-refractivity contribution in [3.8, 4) is 5.75 Å². The van der Waals surface area contributed by atoms with Gasteiger partial charge in [0, 0.05) is 44.3 Å². The number of sulfonamides is 1. The first kappa shape index (κ1) is 24.1. The summed E-state index contributed by atoms with van der Waals surface area (Å²) in [6.45, 7) is 3.06. The van der Waals surface area contributed by atoms with Crippen LogP contribution in [0.2, 0.25) is 10.0 Å². The van der Waals surface area contributed by atoms with Crippen molar-refractivity contribution in [2.24, 2.45) is 5.92 Å². The lowest BCUT2D eigenvalue weighted by Gasteiger charge is -2.39. The molecule has 2 aliphatic rings. The summed E-state index contributed by atoms with van der Waals surface area (Å²) in [5.74, 6) is 0.446. The molecule has 2 aromatic carbocycles. The summed E-state index contributed by atoms with van der Waals surface area (Å²) in [6, 6.07) is 12.2. The maximum Gasteiger partial charge on any atom is 0.244 e. The Balaban J connectivity index is 1.42. The van der Waals surface area contributed by atoms with E-state index in [0.717, 1.165) is 11.4 Å². The molecular weight excluding hydrogens is 485 g/mol. The van der Waals surface area contributed by atoms with Crippen molar-refractivity contribution in [2.75, 3.05) is 51.3 Å². The fourth-order valence-corrected chi connectivity index (χ4v) is 6.75. The van der Waals surface area contributed by atoms with Gasteiger partial charge in [0.25, 0.3) is 0 Å². The molecule has 2 aromatic rings. The molecule has 0 bridgehead atoms. The van der Waals surface area contributed by atoms with E-state index in [1.807, 2.05) is 29.2 Å². The van der Waals surface area contributed by atoms with Gasteiger partial charge in [-0.3, -0.25) is 4.79 Å². The summed E-state index contributed by atoms with van der Waals surface area (Å²) in [5, 5.41) is 0.427. The molecule has 0 aliphatic carbocycles. The van der Waals surface area contributed by atoms with Crippen molar-refractivity contribution in [3.63, 3.8) is 0 Å². The van der Waals surface area contributed by atoms with Crippen LogP contribution in [0, 0.1) is 5.92 Å². The highest BCUT2D eigenvalue weighted by Crippen LogP contribution is 2.32. The van der Waals surface area contributed by atoms with E-state index in [-0.39, 0.29) is 28.3 Å². The normalized spacial score (nSPS) is 20.0. The van der Waals surface area contributed by atoms with Crippen LogP contribution >= 0.6 is 23.2 Å². The first-order chi connectivity index (χ1) is 15.8. The van der Waals surface area contributed by atoms with E-state index in [9.17, 15) is 13.2 Å². The van der Waals surface area contributed by atoms with E-state index < -0.39 is 10.0 Å². The fraction of sp³-hybridized carbons (Fsp3) is 0.435. The van der Waals surface area contributed by atoms with Gasteiger partial charge in [-0.05, 0) is 43.2 Å². The van der Waals surface area contributed by atoms with Crippen LogP contribution in [0.5, 0.6) is 5.75 Å². The third-order valence-electron chi connectivity index (χ3n) is 6.26. The second-order valence-corrected chi connectivity index (χ2v) is 11.0. The second kappa shape index (κ2) is 10.1. The molecule has 10 heteroatoms. The van der Waals surface area contributed by atoms with Crippen LogP contribution in [0.1, 0.15) is 12.8 Å². The molecule has 2 heterocycles. The second-order valence-electron chi connectivity index (χ2n) is 8.26. The van der Waals surface area contributed by atoms with Gasteiger partial charge in [0.05, 0.1) is 23.7 Å². The highest BCUT2D eigenvalue weighted by molar-refractivity contribution is 7.89. The molecule has 0 saturated carbocycles. The highest BCUT2D eigenvalue weighted by atomic mass is 35.5. The summed E-state index contributed by atoms with van der Waals surface area (Å²) in [5.41, 5.74) is 1.01. The van der Waals surface area contributed by atoms with Crippen LogP contribution in [-0.4, -0.2) is 69.9 Å². The minimum absolute atomic E-state index is 0.00627. The van der Waals surface area contributed by atoms with Gasteiger partial charge in [-0.2, -0.15) is 4.31 Å². The molecule has 7 nitrogen and oxygen atoms in total. The van der Waals surface area contributed by atoms with E-state index in [0.29, 0.717) is 50.6 Å². The molecule has 2 saturated heterocycles. The zero-order valence-corrected chi connectivity index (χ0v) is 20.7. The fourth-order valence-electron chi connectivity index (χ4n) is 4.49. The van der Waals surface area contributed by atoms with Crippen molar-refractivity contribution in [3.05, 3.63) is 52.5 Å². The number of methoxy groups -OCH3 is 1. The lowest BCUT2D eigenvalue weighted by Crippen LogP contribution is -2.53. The number of ether oxygens (including phenoxy) is 1. The smallest absolute Gasteiger partial charge is 0.244 e. The quantitative estimate of drug-likeness (QED) is 0.611. The maximum absolute atomic E-state index is 13.3. The third kappa shape index (κ3) is 5.09. The minimum atomic E-state index is -3.84. The number of hydrogen-bond acceptors (Lipinski definition) is 5. The van der Waals surface area contributed by atoms with Crippen molar-refractivity contribution >= 4 is 44.8 Å². The van der Waals surface area contributed by atoms with Gasteiger partial charge in [-0.15, -0.1) is 0 Å². The Morgan fingerprint density at radius 3 is 2.48 bits per heavy atom.